The van der Waals surface area contributed by atoms with Gasteiger partial charge in [0.2, 0.25) is 5.91 Å². The zero-order chi connectivity index (χ0) is 8.69. The van der Waals surface area contributed by atoms with E-state index in [0.29, 0.717) is 0 Å². The molecule has 1 saturated heterocycles. The van der Waals surface area contributed by atoms with Crippen molar-refractivity contribution < 1.29 is 4.79 Å². The smallest absolute Gasteiger partial charge is 0.220 e. The first kappa shape index (κ1) is 10.4. The summed E-state index contributed by atoms with van der Waals surface area (Å²) in [5, 5.41) is 3.12. The summed E-state index contributed by atoms with van der Waals surface area (Å²) in [6, 6.07) is 0. The zero-order valence-electron chi connectivity index (χ0n) is 7.68. The highest BCUT2D eigenvalue weighted by Gasteiger charge is 2.10. The van der Waals surface area contributed by atoms with Crippen LogP contribution in [0.25, 0.3) is 0 Å². The van der Waals surface area contributed by atoms with Gasteiger partial charge in [-0.1, -0.05) is 13.8 Å². The van der Waals surface area contributed by atoms with Crippen molar-refractivity contribution in [3.05, 3.63) is 0 Å². The minimum absolute atomic E-state index is 0.169. The fourth-order valence-electron chi connectivity index (χ4n) is 0.957. The Bertz CT molecular complexity index is 109. The molecule has 0 aromatic rings. The number of carbonyl (C=O) groups is 1. The summed E-state index contributed by atoms with van der Waals surface area (Å²) in [6.07, 6.45) is 1.08. The van der Waals surface area contributed by atoms with Crippen molar-refractivity contribution >= 4 is 5.91 Å². The molecule has 3 heteroatoms. The zero-order valence-corrected chi connectivity index (χ0v) is 7.68. The molecule has 1 aliphatic rings. The average molecular weight is 158 g/mol. The largest absolute Gasteiger partial charge is 0.330 e. The van der Waals surface area contributed by atoms with Crippen LogP contribution in [-0.2, 0) is 4.79 Å². The van der Waals surface area contributed by atoms with Crippen molar-refractivity contribution in [3.63, 3.8) is 0 Å². The van der Waals surface area contributed by atoms with Gasteiger partial charge in [-0.05, 0) is 13.0 Å². The summed E-state index contributed by atoms with van der Waals surface area (Å²) < 4.78 is 0. The maximum atomic E-state index is 10.7. The van der Waals surface area contributed by atoms with Gasteiger partial charge in [0, 0.05) is 13.5 Å². The number of amides is 1. The van der Waals surface area contributed by atoms with Crippen molar-refractivity contribution in [3.8, 4) is 0 Å². The maximum absolute atomic E-state index is 10.7. The number of rotatable bonds is 0. The molecule has 1 N–H and O–H groups in total. The first-order valence-corrected chi connectivity index (χ1v) is 4.27. The number of carbonyl (C=O) groups excluding carboxylic acids is 1. The van der Waals surface area contributed by atoms with Crippen LogP contribution in [0.1, 0.15) is 27.2 Å². The molecule has 0 atom stereocenters. The molecular weight excluding hydrogens is 140 g/mol. The van der Waals surface area contributed by atoms with Gasteiger partial charge in [0.15, 0.2) is 0 Å². The third-order valence-corrected chi connectivity index (χ3v) is 1.53. The second-order valence-electron chi connectivity index (χ2n) is 2.29. The second kappa shape index (κ2) is 6.16. The Balaban J connectivity index is 0.000000461. The highest BCUT2D eigenvalue weighted by molar-refractivity contribution is 5.73. The van der Waals surface area contributed by atoms with Crippen LogP contribution < -0.4 is 5.32 Å². The molecule has 1 rings (SSSR count). The van der Waals surface area contributed by atoms with E-state index in [1.54, 1.807) is 6.92 Å². The molecule has 0 aliphatic carbocycles. The van der Waals surface area contributed by atoms with E-state index >= 15 is 0 Å². The topological polar surface area (TPSA) is 32.3 Å². The van der Waals surface area contributed by atoms with E-state index in [1.165, 1.54) is 0 Å². The van der Waals surface area contributed by atoms with Gasteiger partial charge < -0.3 is 4.90 Å². The molecule has 3 nitrogen and oxygen atoms in total. The number of hydrogen-bond donors (Lipinski definition) is 1. The lowest BCUT2D eigenvalue weighted by atomic mass is 10.3. The van der Waals surface area contributed by atoms with E-state index in [2.05, 4.69) is 5.32 Å². The van der Waals surface area contributed by atoms with E-state index in [0.717, 1.165) is 26.2 Å². The molecule has 1 amide bonds. The summed E-state index contributed by atoms with van der Waals surface area (Å²) >= 11 is 0. The predicted octanol–water partition coefficient (Wildman–Crippen LogP) is 0.812. The van der Waals surface area contributed by atoms with E-state index in [-0.39, 0.29) is 5.91 Å². The Kier molecular flexibility index (Phi) is 5.84. The number of nitrogens with one attached hydrogen (secondary N) is 1. The molecule has 0 unspecified atom stereocenters. The van der Waals surface area contributed by atoms with Gasteiger partial charge in [0.1, 0.15) is 0 Å². The molecule has 1 fully saturated rings. The average Bonchev–Trinajstić information content (AvgIpc) is 2.10. The summed E-state index contributed by atoms with van der Waals surface area (Å²) in [5.41, 5.74) is 0. The summed E-state index contributed by atoms with van der Waals surface area (Å²) in [7, 11) is 0. The van der Waals surface area contributed by atoms with Gasteiger partial charge in [-0.3, -0.25) is 10.1 Å². The summed E-state index contributed by atoms with van der Waals surface area (Å²) in [5.74, 6) is 0.169. The van der Waals surface area contributed by atoms with Gasteiger partial charge in [0.05, 0.1) is 6.67 Å². The van der Waals surface area contributed by atoms with Gasteiger partial charge >= 0.3 is 0 Å². The molecule has 0 radical (unpaired) electrons. The van der Waals surface area contributed by atoms with Crippen LogP contribution in [-0.4, -0.2) is 30.6 Å². The van der Waals surface area contributed by atoms with Crippen LogP contribution in [0.2, 0.25) is 0 Å². The molecule has 1 aliphatic heterocycles. The minimum atomic E-state index is 0.169. The quantitative estimate of drug-likeness (QED) is 0.566. The van der Waals surface area contributed by atoms with Crippen LogP contribution in [0.3, 0.4) is 0 Å². The molecule has 11 heavy (non-hydrogen) atoms. The first-order chi connectivity index (χ1) is 5.30. The minimum Gasteiger partial charge on any atom is -0.330 e. The van der Waals surface area contributed by atoms with Gasteiger partial charge in [0.25, 0.3) is 0 Å². The van der Waals surface area contributed by atoms with Gasteiger partial charge in [-0.15, -0.1) is 0 Å². The second-order valence-corrected chi connectivity index (χ2v) is 2.29. The summed E-state index contributed by atoms with van der Waals surface area (Å²) in [4.78, 5) is 12.5. The van der Waals surface area contributed by atoms with Crippen molar-refractivity contribution in [2.75, 3.05) is 19.8 Å². The van der Waals surface area contributed by atoms with Crippen molar-refractivity contribution in [2.45, 2.75) is 27.2 Å². The Hall–Kier alpha value is -0.570. The van der Waals surface area contributed by atoms with Crippen molar-refractivity contribution in [2.24, 2.45) is 0 Å². The molecule has 0 aromatic heterocycles. The van der Waals surface area contributed by atoms with E-state index < -0.39 is 0 Å². The standard InChI is InChI=1S/C6H12N2O.C2H6/c1-6(9)8-4-2-3-7-5-8;1-2/h7H,2-5H2,1H3;1-2H3. The third-order valence-electron chi connectivity index (χ3n) is 1.53. The predicted molar refractivity (Wildman–Crippen MR) is 46.2 cm³/mol. The van der Waals surface area contributed by atoms with Crippen LogP contribution in [0, 0.1) is 0 Å². The Morgan fingerprint density at radius 2 is 2.09 bits per heavy atom. The maximum Gasteiger partial charge on any atom is 0.220 e. The fourth-order valence-corrected chi connectivity index (χ4v) is 0.957. The fraction of sp³-hybridized carbons (Fsp3) is 0.875. The Morgan fingerprint density at radius 3 is 2.36 bits per heavy atom. The molecular formula is C8H18N2O. The van der Waals surface area contributed by atoms with Gasteiger partial charge in [-0.2, -0.15) is 0 Å². The highest BCUT2D eigenvalue weighted by Crippen LogP contribution is 1.94. The van der Waals surface area contributed by atoms with E-state index in [1.807, 2.05) is 18.7 Å². The lowest BCUT2D eigenvalue weighted by molar-refractivity contribution is -0.129. The molecule has 0 aromatic carbocycles. The van der Waals surface area contributed by atoms with E-state index in [9.17, 15) is 4.79 Å². The molecule has 0 saturated carbocycles. The van der Waals surface area contributed by atoms with Crippen LogP contribution in [0.15, 0.2) is 0 Å². The van der Waals surface area contributed by atoms with Gasteiger partial charge in [-0.25, -0.2) is 0 Å². The third kappa shape index (κ3) is 3.98. The lowest BCUT2D eigenvalue weighted by Gasteiger charge is -2.25. The number of nitrogens with zero attached hydrogens (tertiary/aromatic N) is 1. The number of hydrogen-bond acceptors (Lipinski definition) is 2. The van der Waals surface area contributed by atoms with Crippen molar-refractivity contribution in [1.82, 2.24) is 10.2 Å². The Morgan fingerprint density at radius 1 is 1.45 bits per heavy atom. The molecule has 0 spiro atoms. The molecule has 0 bridgehead atoms. The van der Waals surface area contributed by atoms with E-state index in [4.69, 9.17) is 0 Å². The monoisotopic (exact) mass is 158 g/mol. The lowest BCUT2D eigenvalue weighted by Crippen LogP contribution is -2.43. The van der Waals surface area contributed by atoms with Crippen LogP contribution >= 0.6 is 0 Å². The highest BCUT2D eigenvalue weighted by atomic mass is 16.2. The summed E-state index contributed by atoms with van der Waals surface area (Å²) in [6.45, 7) is 8.30. The first-order valence-electron chi connectivity index (χ1n) is 4.27. The Labute approximate surface area is 68.8 Å². The van der Waals surface area contributed by atoms with Crippen molar-refractivity contribution in [1.29, 1.82) is 0 Å². The molecule has 1 heterocycles. The molecule has 66 valence electrons. The van der Waals surface area contributed by atoms with Crippen LogP contribution in [0.5, 0.6) is 0 Å². The van der Waals surface area contributed by atoms with Crippen LogP contribution in [0.4, 0.5) is 0 Å². The SMILES string of the molecule is CC.CC(=O)N1CCCNC1. The normalized spacial score (nSPS) is 16.8.